The Kier molecular flexibility index (Phi) is 9.57. The Morgan fingerprint density at radius 3 is 2.07 bits per heavy atom. The van der Waals surface area contributed by atoms with Gasteiger partial charge in [0.15, 0.2) is 0 Å². The van der Waals surface area contributed by atoms with Gasteiger partial charge in [-0.15, -0.1) is 0 Å². The maximum Gasteiger partial charge on any atom is 0.254 e. The number of anilines is 1. The van der Waals surface area contributed by atoms with Gasteiger partial charge in [-0.1, -0.05) is 30.3 Å². The van der Waals surface area contributed by atoms with Gasteiger partial charge in [0.25, 0.3) is 5.91 Å². The molecule has 10 heteroatoms. The van der Waals surface area contributed by atoms with E-state index in [1.165, 1.54) is 14.7 Å². The van der Waals surface area contributed by atoms with E-state index in [-0.39, 0.29) is 50.3 Å². The van der Waals surface area contributed by atoms with Gasteiger partial charge < -0.3 is 29.5 Å². The van der Waals surface area contributed by atoms with E-state index in [1.54, 1.807) is 69.8 Å². The van der Waals surface area contributed by atoms with Crippen LogP contribution in [0, 0.1) is 0 Å². The summed E-state index contributed by atoms with van der Waals surface area (Å²) in [5.41, 5.74) is 1.99. The molecule has 3 aromatic rings. The summed E-state index contributed by atoms with van der Waals surface area (Å²) in [5.74, 6) is -0.0547. The van der Waals surface area contributed by atoms with Crippen LogP contribution in [0.5, 0.6) is 11.5 Å². The van der Waals surface area contributed by atoms with Crippen molar-refractivity contribution in [3.63, 3.8) is 0 Å². The lowest BCUT2D eigenvalue weighted by atomic mass is 10.0. The van der Waals surface area contributed by atoms with E-state index in [9.17, 15) is 19.2 Å². The van der Waals surface area contributed by atoms with Gasteiger partial charge in [-0.2, -0.15) is 0 Å². The van der Waals surface area contributed by atoms with Crippen LogP contribution in [0.2, 0.25) is 0 Å². The molecule has 1 aliphatic heterocycles. The molecule has 3 aromatic carbocycles. The highest BCUT2D eigenvalue weighted by atomic mass is 16.5. The normalized spacial score (nSPS) is 13.8. The third-order valence-electron chi connectivity index (χ3n) is 6.98. The second-order valence-electron chi connectivity index (χ2n) is 9.68. The second kappa shape index (κ2) is 13.5. The largest absolute Gasteiger partial charge is 0.497 e. The molecule has 1 saturated heterocycles. The molecule has 0 spiro atoms. The number of carbonyl (C=O) groups excluding carboxylic acids is 4. The number of likely N-dealkylation sites (N-methyl/N-ethyl adjacent to an activating group) is 1. The molecule has 0 saturated carbocycles. The smallest absolute Gasteiger partial charge is 0.254 e. The van der Waals surface area contributed by atoms with Crippen molar-refractivity contribution in [3.05, 3.63) is 90.0 Å². The molecule has 4 amide bonds. The number of rotatable bonds is 10. The minimum Gasteiger partial charge on any atom is -0.497 e. The van der Waals surface area contributed by atoms with Crippen molar-refractivity contribution in [2.45, 2.75) is 12.5 Å². The van der Waals surface area contributed by atoms with E-state index in [1.807, 2.05) is 30.3 Å². The number of methoxy groups -OCH3 is 2. The molecule has 0 bridgehead atoms. The van der Waals surface area contributed by atoms with Crippen LogP contribution in [-0.2, 0) is 20.8 Å². The van der Waals surface area contributed by atoms with E-state index >= 15 is 0 Å². The van der Waals surface area contributed by atoms with Crippen LogP contribution in [0.3, 0.4) is 0 Å². The van der Waals surface area contributed by atoms with Gasteiger partial charge >= 0.3 is 0 Å². The van der Waals surface area contributed by atoms with Crippen LogP contribution in [0.25, 0.3) is 0 Å². The van der Waals surface area contributed by atoms with Crippen LogP contribution in [-0.4, -0.2) is 86.9 Å². The van der Waals surface area contributed by atoms with E-state index in [2.05, 4.69) is 5.32 Å². The fourth-order valence-corrected chi connectivity index (χ4v) is 4.60. The monoisotopic (exact) mass is 558 g/mol. The number of amides is 4. The lowest BCUT2D eigenvalue weighted by molar-refractivity contribution is -0.139. The second-order valence-corrected chi connectivity index (χ2v) is 9.68. The summed E-state index contributed by atoms with van der Waals surface area (Å²) in [6.45, 7) is 0.145. The number of piperazine rings is 1. The number of nitrogens with one attached hydrogen (secondary N) is 1. The molecule has 1 atom stereocenters. The lowest BCUT2D eigenvalue weighted by Crippen LogP contribution is -2.56. The fourth-order valence-electron chi connectivity index (χ4n) is 4.60. The molecule has 0 unspecified atom stereocenters. The minimum atomic E-state index is -0.856. The first kappa shape index (κ1) is 29.1. The third-order valence-corrected chi connectivity index (χ3v) is 6.98. The molecule has 0 aromatic heterocycles. The number of benzene rings is 3. The summed E-state index contributed by atoms with van der Waals surface area (Å²) in [4.78, 5) is 56.8. The topological polar surface area (TPSA) is 108 Å². The molecular weight excluding hydrogens is 524 g/mol. The Hall–Kier alpha value is -4.86. The maximum atomic E-state index is 13.5. The Bertz CT molecular complexity index is 1360. The molecular formula is C31H34N4O6. The van der Waals surface area contributed by atoms with Gasteiger partial charge in [-0.25, -0.2) is 0 Å². The average molecular weight is 559 g/mol. The van der Waals surface area contributed by atoms with Crippen molar-refractivity contribution >= 4 is 29.3 Å². The summed E-state index contributed by atoms with van der Waals surface area (Å²) in [5, 5.41) is 2.84. The highest BCUT2D eigenvalue weighted by Crippen LogP contribution is 2.20. The molecule has 10 nitrogen and oxygen atoms in total. The Labute approximate surface area is 239 Å². The Morgan fingerprint density at radius 2 is 1.49 bits per heavy atom. The Balaban J connectivity index is 1.39. The number of carbonyl (C=O) groups is 4. The molecule has 0 aliphatic carbocycles. The standard InChI is InChI=1S/C31H34N4O6/c1-33(24-11-15-26(41-3)16-12-24)31(39)27(19-22-7-5-4-6-8-22)32-28(36)20-34-17-18-35(21-29(34)37)30(38)23-9-13-25(40-2)14-10-23/h4-16,27H,17-21H2,1-3H3,(H,32,36)/t27-/m0/s1. The van der Waals surface area contributed by atoms with Crippen LogP contribution in [0.15, 0.2) is 78.9 Å². The highest BCUT2D eigenvalue weighted by molar-refractivity contribution is 6.00. The summed E-state index contributed by atoms with van der Waals surface area (Å²) < 4.78 is 10.3. The van der Waals surface area contributed by atoms with Crippen LogP contribution in [0.1, 0.15) is 15.9 Å². The van der Waals surface area contributed by atoms with Crippen LogP contribution < -0.4 is 19.7 Å². The van der Waals surface area contributed by atoms with E-state index in [4.69, 9.17) is 9.47 Å². The van der Waals surface area contributed by atoms with Crippen molar-refractivity contribution < 1.29 is 28.7 Å². The molecule has 214 valence electrons. The van der Waals surface area contributed by atoms with Gasteiger partial charge in [0.2, 0.25) is 17.7 Å². The molecule has 41 heavy (non-hydrogen) atoms. The molecule has 0 radical (unpaired) electrons. The van der Waals surface area contributed by atoms with Crippen molar-refractivity contribution in [2.24, 2.45) is 0 Å². The van der Waals surface area contributed by atoms with Crippen molar-refractivity contribution in [1.82, 2.24) is 15.1 Å². The zero-order valence-corrected chi connectivity index (χ0v) is 23.4. The van der Waals surface area contributed by atoms with E-state index in [0.717, 1.165) is 5.56 Å². The van der Waals surface area contributed by atoms with Crippen molar-refractivity contribution in [3.8, 4) is 11.5 Å². The molecule has 1 N–H and O–H groups in total. The summed E-state index contributed by atoms with van der Waals surface area (Å²) >= 11 is 0. The summed E-state index contributed by atoms with van der Waals surface area (Å²) in [6.07, 6.45) is 0.282. The summed E-state index contributed by atoms with van der Waals surface area (Å²) in [6, 6.07) is 22.3. The van der Waals surface area contributed by atoms with E-state index in [0.29, 0.717) is 22.7 Å². The quantitative estimate of drug-likeness (QED) is 0.410. The summed E-state index contributed by atoms with van der Waals surface area (Å²) in [7, 11) is 4.76. The maximum absolute atomic E-state index is 13.5. The van der Waals surface area contributed by atoms with Gasteiger partial charge in [0.1, 0.15) is 24.1 Å². The van der Waals surface area contributed by atoms with Crippen molar-refractivity contribution in [1.29, 1.82) is 0 Å². The van der Waals surface area contributed by atoms with Crippen LogP contribution >= 0.6 is 0 Å². The van der Waals surface area contributed by atoms with Gasteiger partial charge in [-0.05, 0) is 54.1 Å². The average Bonchev–Trinajstić information content (AvgIpc) is 3.01. The number of nitrogens with zero attached hydrogens (tertiary/aromatic N) is 3. The zero-order chi connectivity index (χ0) is 29.4. The van der Waals surface area contributed by atoms with Crippen molar-refractivity contribution in [2.75, 3.05) is 52.3 Å². The zero-order valence-electron chi connectivity index (χ0n) is 23.4. The first-order chi connectivity index (χ1) is 19.8. The highest BCUT2D eigenvalue weighted by Gasteiger charge is 2.31. The first-order valence-electron chi connectivity index (χ1n) is 13.2. The minimum absolute atomic E-state index is 0.134. The molecule has 1 fully saturated rings. The van der Waals surface area contributed by atoms with Gasteiger partial charge in [0, 0.05) is 37.8 Å². The van der Waals surface area contributed by atoms with E-state index < -0.39 is 11.9 Å². The Morgan fingerprint density at radius 1 is 0.878 bits per heavy atom. The first-order valence-corrected chi connectivity index (χ1v) is 13.2. The third kappa shape index (κ3) is 7.42. The predicted octanol–water partition coefficient (Wildman–Crippen LogP) is 2.38. The lowest BCUT2D eigenvalue weighted by Gasteiger charge is -2.34. The number of hydrogen-bond acceptors (Lipinski definition) is 6. The SMILES string of the molecule is COc1ccc(C(=O)N2CCN(CC(=O)N[C@@H](Cc3ccccc3)C(=O)N(C)c3ccc(OC)cc3)C(=O)C2)cc1. The molecule has 1 heterocycles. The fraction of sp³-hybridized carbons (Fsp3) is 0.290. The number of hydrogen-bond donors (Lipinski definition) is 1. The molecule has 4 rings (SSSR count). The van der Waals surface area contributed by atoms with Gasteiger partial charge in [-0.3, -0.25) is 19.2 Å². The van der Waals surface area contributed by atoms with Crippen LogP contribution in [0.4, 0.5) is 5.69 Å². The molecule has 1 aliphatic rings. The predicted molar refractivity (Wildman–Crippen MR) is 154 cm³/mol. The number of ether oxygens (including phenoxy) is 2. The van der Waals surface area contributed by atoms with Gasteiger partial charge in [0.05, 0.1) is 20.8 Å².